The first-order chi connectivity index (χ1) is 14.0. The molecule has 0 saturated heterocycles. The van der Waals surface area contributed by atoms with Gasteiger partial charge in [0, 0.05) is 23.5 Å². The van der Waals surface area contributed by atoms with E-state index in [2.05, 4.69) is 9.97 Å². The van der Waals surface area contributed by atoms with Crippen molar-refractivity contribution in [1.82, 2.24) is 14.4 Å². The average molecular weight is 403 g/mol. The quantitative estimate of drug-likeness (QED) is 0.549. The average Bonchev–Trinajstić information content (AvgIpc) is 3.11. The zero-order valence-corrected chi connectivity index (χ0v) is 16.6. The van der Waals surface area contributed by atoms with Crippen molar-refractivity contribution in [3.05, 3.63) is 86.4 Å². The van der Waals surface area contributed by atoms with Gasteiger partial charge in [-0.2, -0.15) is 0 Å². The predicted molar refractivity (Wildman–Crippen MR) is 114 cm³/mol. The standard InChI is InChI=1S/C22H17N3O3S/c1-13-6-3-4-7-15(13)9-10-17-14(2)20(26)25-18(16-8-5-11-23-12-16)19(21(27)28)29-22(25)24-17/h3-12H,1-2H3,(H,27,28)/b10-9+. The van der Waals surface area contributed by atoms with Gasteiger partial charge < -0.3 is 5.11 Å². The van der Waals surface area contributed by atoms with Crippen molar-refractivity contribution < 1.29 is 9.90 Å². The molecule has 0 spiro atoms. The lowest BCUT2D eigenvalue weighted by Gasteiger charge is -2.05. The third-order valence-electron chi connectivity index (χ3n) is 4.69. The molecule has 6 nitrogen and oxygen atoms in total. The van der Waals surface area contributed by atoms with Crippen molar-refractivity contribution in [2.45, 2.75) is 13.8 Å². The van der Waals surface area contributed by atoms with E-state index < -0.39 is 5.97 Å². The van der Waals surface area contributed by atoms with Crippen LogP contribution in [-0.2, 0) is 0 Å². The first kappa shape index (κ1) is 18.8. The summed E-state index contributed by atoms with van der Waals surface area (Å²) >= 11 is 0.979. The molecule has 3 aromatic heterocycles. The molecule has 0 atom stereocenters. The highest BCUT2D eigenvalue weighted by molar-refractivity contribution is 7.19. The van der Waals surface area contributed by atoms with E-state index in [-0.39, 0.29) is 10.4 Å². The molecule has 0 fully saturated rings. The summed E-state index contributed by atoms with van der Waals surface area (Å²) in [7, 11) is 0. The minimum atomic E-state index is -1.10. The van der Waals surface area contributed by atoms with Crippen LogP contribution in [0.25, 0.3) is 28.4 Å². The molecular formula is C22H17N3O3S. The molecule has 0 bridgehead atoms. The second-order valence-corrected chi connectivity index (χ2v) is 7.54. The van der Waals surface area contributed by atoms with Crippen molar-refractivity contribution in [2.24, 2.45) is 0 Å². The van der Waals surface area contributed by atoms with Crippen LogP contribution < -0.4 is 5.56 Å². The van der Waals surface area contributed by atoms with Crippen LogP contribution in [0.2, 0.25) is 0 Å². The van der Waals surface area contributed by atoms with Crippen LogP contribution in [0.5, 0.6) is 0 Å². The number of carboxylic acid groups (broad SMARTS) is 1. The van der Waals surface area contributed by atoms with Gasteiger partial charge in [0.15, 0.2) is 4.96 Å². The number of benzene rings is 1. The number of fused-ring (bicyclic) bond motifs is 1. The maximum absolute atomic E-state index is 13.1. The highest BCUT2D eigenvalue weighted by Crippen LogP contribution is 2.30. The Labute approximate surface area is 170 Å². The maximum Gasteiger partial charge on any atom is 0.348 e. The summed E-state index contributed by atoms with van der Waals surface area (Å²) in [6.45, 7) is 3.71. The molecule has 4 aromatic rings. The number of carboxylic acids is 1. The van der Waals surface area contributed by atoms with Crippen LogP contribution >= 0.6 is 11.3 Å². The molecule has 0 radical (unpaired) electrons. The minimum Gasteiger partial charge on any atom is -0.477 e. The Morgan fingerprint density at radius 1 is 1.14 bits per heavy atom. The van der Waals surface area contributed by atoms with Gasteiger partial charge in [-0.25, -0.2) is 14.2 Å². The van der Waals surface area contributed by atoms with Gasteiger partial charge >= 0.3 is 5.97 Å². The first-order valence-electron chi connectivity index (χ1n) is 8.91. The largest absolute Gasteiger partial charge is 0.477 e. The molecule has 0 aliphatic heterocycles. The zero-order valence-electron chi connectivity index (χ0n) is 15.8. The fourth-order valence-corrected chi connectivity index (χ4v) is 4.11. The fourth-order valence-electron chi connectivity index (χ4n) is 3.12. The van der Waals surface area contributed by atoms with E-state index in [9.17, 15) is 14.7 Å². The number of hydrogen-bond donors (Lipinski definition) is 1. The summed E-state index contributed by atoms with van der Waals surface area (Å²) in [5.41, 5.74) is 3.69. The third kappa shape index (κ3) is 3.36. The van der Waals surface area contributed by atoms with Gasteiger partial charge in [-0.3, -0.25) is 9.78 Å². The summed E-state index contributed by atoms with van der Waals surface area (Å²) in [5, 5.41) is 9.67. The lowest BCUT2D eigenvalue weighted by Crippen LogP contribution is -2.19. The molecule has 0 saturated carbocycles. The Kier molecular flexibility index (Phi) is 4.82. The Balaban J connectivity index is 1.94. The highest BCUT2D eigenvalue weighted by Gasteiger charge is 2.23. The summed E-state index contributed by atoms with van der Waals surface area (Å²) in [4.78, 5) is 34.0. The molecular weight excluding hydrogens is 386 g/mol. The Hall–Kier alpha value is -3.58. The molecule has 7 heteroatoms. The van der Waals surface area contributed by atoms with Crippen LogP contribution in [0.1, 0.15) is 32.1 Å². The van der Waals surface area contributed by atoms with Crippen LogP contribution in [0.15, 0.2) is 53.6 Å². The Morgan fingerprint density at radius 2 is 1.93 bits per heavy atom. The molecule has 29 heavy (non-hydrogen) atoms. The van der Waals surface area contributed by atoms with E-state index in [1.165, 1.54) is 4.40 Å². The molecule has 3 heterocycles. The molecule has 0 aliphatic carbocycles. The van der Waals surface area contributed by atoms with Gasteiger partial charge in [0.05, 0.1) is 11.4 Å². The van der Waals surface area contributed by atoms with Gasteiger partial charge in [-0.1, -0.05) is 41.7 Å². The molecule has 144 valence electrons. The predicted octanol–water partition coefficient (Wildman–Crippen LogP) is 4.30. The van der Waals surface area contributed by atoms with Crippen molar-refractivity contribution in [1.29, 1.82) is 0 Å². The van der Waals surface area contributed by atoms with Crippen LogP contribution in [-0.4, -0.2) is 25.4 Å². The van der Waals surface area contributed by atoms with E-state index in [0.717, 1.165) is 22.5 Å². The van der Waals surface area contributed by atoms with E-state index in [4.69, 9.17) is 0 Å². The van der Waals surface area contributed by atoms with Crippen LogP contribution in [0.3, 0.4) is 0 Å². The monoisotopic (exact) mass is 403 g/mol. The van der Waals surface area contributed by atoms with Crippen molar-refractivity contribution in [2.75, 3.05) is 0 Å². The third-order valence-corrected chi connectivity index (χ3v) is 5.71. The Bertz CT molecular complexity index is 1320. The lowest BCUT2D eigenvalue weighted by molar-refractivity contribution is 0.0702. The number of hydrogen-bond acceptors (Lipinski definition) is 5. The van der Waals surface area contributed by atoms with Gasteiger partial charge in [0.1, 0.15) is 4.88 Å². The summed E-state index contributed by atoms with van der Waals surface area (Å²) in [6.07, 6.45) is 6.85. The number of carbonyl (C=O) groups is 1. The number of rotatable bonds is 4. The van der Waals surface area contributed by atoms with Gasteiger partial charge in [0.25, 0.3) is 5.56 Å². The lowest BCUT2D eigenvalue weighted by atomic mass is 10.1. The van der Waals surface area contributed by atoms with Crippen molar-refractivity contribution >= 4 is 34.4 Å². The topological polar surface area (TPSA) is 84.6 Å². The van der Waals surface area contributed by atoms with Crippen molar-refractivity contribution in [3.63, 3.8) is 0 Å². The molecule has 0 unspecified atom stereocenters. The normalized spacial score (nSPS) is 11.4. The van der Waals surface area contributed by atoms with E-state index in [1.807, 2.05) is 37.3 Å². The smallest absolute Gasteiger partial charge is 0.348 e. The number of pyridine rings is 1. The first-order valence-corrected chi connectivity index (χ1v) is 9.72. The molecule has 0 aliphatic rings. The highest BCUT2D eigenvalue weighted by atomic mass is 32.1. The van der Waals surface area contributed by atoms with Crippen molar-refractivity contribution in [3.8, 4) is 11.3 Å². The van der Waals surface area contributed by atoms with Gasteiger partial charge in [-0.05, 0) is 43.2 Å². The van der Waals surface area contributed by atoms with E-state index in [0.29, 0.717) is 27.5 Å². The van der Waals surface area contributed by atoms with Gasteiger partial charge in [0.2, 0.25) is 0 Å². The molecule has 1 aromatic carbocycles. The molecule has 4 rings (SSSR count). The number of aromatic nitrogens is 3. The van der Waals surface area contributed by atoms with E-state index in [1.54, 1.807) is 37.5 Å². The number of thiazole rings is 1. The second kappa shape index (κ2) is 7.44. The number of aryl methyl sites for hydroxylation is 1. The molecule has 0 amide bonds. The molecule has 1 N–H and O–H groups in total. The second-order valence-electron chi connectivity index (χ2n) is 6.56. The van der Waals surface area contributed by atoms with Crippen LogP contribution in [0, 0.1) is 13.8 Å². The number of nitrogens with zero attached hydrogens (tertiary/aromatic N) is 3. The maximum atomic E-state index is 13.1. The van der Waals surface area contributed by atoms with Gasteiger partial charge in [-0.15, -0.1) is 0 Å². The SMILES string of the molecule is Cc1ccccc1/C=C/c1nc2sc(C(=O)O)c(-c3cccnc3)n2c(=O)c1C. The summed E-state index contributed by atoms with van der Waals surface area (Å²) in [6, 6.07) is 11.3. The number of aromatic carboxylic acids is 1. The fraction of sp³-hybridized carbons (Fsp3) is 0.0909. The minimum absolute atomic E-state index is 0.0574. The van der Waals surface area contributed by atoms with E-state index >= 15 is 0 Å². The van der Waals surface area contributed by atoms with Crippen LogP contribution in [0.4, 0.5) is 0 Å². The summed E-state index contributed by atoms with van der Waals surface area (Å²) < 4.78 is 1.37. The Morgan fingerprint density at radius 3 is 2.62 bits per heavy atom. The zero-order chi connectivity index (χ0) is 20.5. The summed E-state index contributed by atoms with van der Waals surface area (Å²) in [5.74, 6) is -1.10.